The van der Waals surface area contributed by atoms with Gasteiger partial charge in [-0.2, -0.15) is 0 Å². The van der Waals surface area contributed by atoms with Crippen LogP contribution in [0.25, 0.3) is 0 Å². The summed E-state index contributed by atoms with van der Waals surface area (Å²) in [5.41, 5.74) is 0. The molecule has 0 unspecified atom stereocenters. The van der Waals surface area contributed by atoms with E-state index in [1.165, 1.54) is 0 Å². The Bertz CT molecular complexity index is 0. The average Bonchev–Trinajstić information content (AvgIpc) is 0. The third kappa shape index (κ3) is 71.9. The molecule has 0 aromatic carbocycles. The molecule has 0 nitrogen and oxygen atoms in total. The summed E-state index contributed by atoms with van der Waals surface area (Å²) in [5, 5.41) is 0. The summed E-state index contributed by atoms with van der Waals surface area (Å²) < 4.78 is 0. The van der Waals surface area contributed by atoms with Crippen molar-refractivity contribution in [3.05, 3.63) is 0 Å². The van der Waals surface area contributed by atoms with E-state index in [-0.39, 0.29) is 668 Å². The van der Waals surface area contributed by atoms with E-state index in [9.17, 15) is 0 Å². The molecule has 26 valence electrons. The Labute approximate surface area is 637 Å². The summed E-state index contributed by atoms with van der Waals surface area (Å²) in [6, 6.07) is 0. The molecule has 0 aliphatic heterocycles. The van der Waals surface area contributed by atoms with E-state index in [0.29, 0.717) is 0 Å². The SMILES string of the molecule is [KH].[KH].[KH].[KH].[KH].[KH].[KH].[KH].[KH].[KH].[KH].[KH].[KH]. The average molecular weight is 521 g/mol. The van der Waals surface area contributed by atoms with Gasteiger partial charge >= 0.3 is 668 Å². The summed E-state index contributed by atoms with van der Waals surface area (Å²) in [5.74, 6) is 0. The molecule has 0 fully saturated rings. The standard InChI is InChI=1S/13K.13H. The Morgan fingerprint density at radius 3 is 0.0769 bits per heavy atom. The number of hydrogen-bond acceptors (Lipinski definition) is 0. The maximum absolute atomic E-state index is 0. The van der Waals surface area contributed by atoms with E-state index in [2.05, 4.69) is 0 Å². The van der Waals surface area contributed by atoms with Crippen LogP contribution in [-0.4, -0.2) is 668 Å². The number of hydrogen-bond donors (Lipinski definition) is 0. The molecular formula is H13K13. The Kier molecular flexibility index (Phi) is 494. The van der Waals surface area contributed by atoms with E-state index < -0.39 is 0 Å². The van der Waals surface area contributed by atoms with Gasteiger partial charge in [-0.05, 0) is 0 Å². The predicted octanol–water partition coefficient (Wildman–Crippen LogP) is -8.43. The van der Waals surface area contributed by atoms with Crippen LogP contribution in [-0.2, 0) is 0 Å². The Hall–Kier alpha value is 21.3. The molecule has 0 rings (SSSR count). The third-order valence-electron chi connectivity index (χ3n) is 0. The van der Waals surface area contributed by atoms with Crippen LogP contribution in [0, 0.1) is 0 Å². The molecular weight excluding hydrogens is 508 g/mol. The van der Waals surface area contributed by atoms with Crippen molar-refractivity contribution in [1.29, 1.82) is 0 Å². The van der Waals surface area contributed by atoms with Gasteiger partial charge in [-0.15, -0.1) is 0 Å². The Morgan fingerprint density at radius 2 is 0.0769 bits per heavy atom. The van der Waals surface area contributed by atoms with E-state index in [1.54, 1.807) is 0 Å². The topological polar surface area (TPSA) is 0 Å². The molecule has 0 aliphatic rings. The van der Waals surface area contributed by atoms with E-state index >= 15 is 0 Å². The summed E-state index contributed by atoms with van der Waals surface area (Å²) >= 11 is 0. The van der Waals surface area contributed by atoms with Crippen molar-refractivity contribution in [2.45, 2.75) is 0 Å². The van der Waals surface area contributed by atoms with Crippen LogP contribution in [0.1, 0.15) is 0 Å². The van der Waals surface area contributed by atoms with Crippen LogP contribution in [0.3, 0.4) is 0 Å². The second kappa shape index (κ2) is 76.6. The first-order chi connectivity index (χ1) is 0. The zero-order valence-electron chi connectivity index (χ0n) is 0. The van der Waals surface area contributed by atoms with Gasteiger partial charge in [0, 0.05) is 0 Å². The van der Waals surface area contributed by atoms with Crippen LogP contribution in [0.2, 0.25) is 0 Å². The van der Waals surface area contributed by atoms with Gasteiger partial charge in [-0.1, -0.05) is 0 Å². The summed E-state index contributed by atoms with van der Waals surface area (Å²) in [6.45, 7) is 0. The van der Waals surface area contributed by atoms with Crippen molar-refractivity contribution in [1.82, 2.24) is 0 Å². The van der Waals surface area contributed by atoms with Crippen LogP contribution < -0.4 is 0 Å². The fourth-order valence-electron chi connectivity index (χ4n) is 0. The van der Waals surface area contributed by atoms with Crippen molar-refractivity contribution in [3.8, 4) is 0 Å². The zero-order chi connectivity index (χ0) is 0. The molecule has 0 N–H and O–H groups in total. The van der Waals surface area contributed by atoms with E-state index in [4.69, 9.17) is 0 Å². The number of rotatable bonds is 0. The van der Waals surface area contributed by atoms with E-state index in [0.717, 1.165) is 0 Å². The van der Waals surface area contributed by atoms with Gasteiger partial charge in [0.15, 0.2) is 0 Å². The fraction of sp³-hybridized carbons (Fsp3) is 0. The molecule has 0 bridgehead atoms. The van der Waals surface area contributed by atoms with Crippen molar-refractivity contribution in [2.24, 2.45) is 0 Å². The van der Waals surface area contributed by atoms with Crippen LogP contribution in [0.4, 0.5) is 0 Å². The predicted molar refractivity (Wildman–Crippen MR) is 92.9 cm³/mol. The van der Waals surface area contributed by atoms with E-state index in [1.807, 2.05) is 0 Å². The van der Waals surface area contributed by atoms with Crippen molar-refractivity contribution in [2.75, 3.05) is 0 Å². The molecule has 0 heterocycles. The van der Waals surface area contributed by atoms with Gasteiger partial charge < -0.3 is 0 Å². The molecule has 0 atom stereocenters. The summed E-state index contributed by atoms with van der Waals surface area (Å²) in [6.07, 6.45) is 0. The minimum absolute atomic E-state index is 0. The molecule has 13 heteroatoms. The van der Waals surface area contributed by atoms with Crippen molar-refractivity contribution in [3.63, 3.8) is 0 Å². The minimum atomic E-state index is 0. The fourth-order valence-corrected chi connectivity index (χ4v) is 0. The second-order valence-corrected chi connectivity index (χ2v) is 0. The molecule has 13 heavy (non-hydrogen) atoms. The molecule has 0 radical (unpaired) electrons. The van der Waals surface area contributed by atoms with Crippen molar-refractivity contribution < 1.29 is 0 Å². The first-order valence-corrected chi connectivity index (χ1v) is 0. The molecule has 0 aliphatic carbocycles. The van der Waals surface area contributed by atoms with Gasteiger partial charge in [-0.3, -0.25) is 0 Å². The van der Waals surface area contributed by atoms with Gasteiger partial charge in [0.05, 0.1) is 0 Å². The van der Waals surface area contributed by atoms with Gasteiger partial charge in [0.1, 0.15) is 0 Å². The monoisotopic (exact) mass is 520 g/mol. The molecule has 0 aromatic heterocycles. The molecule has 0 saturated heterocycles. The molecule has 0 amide bonds. The van der Waals surface area contributed by atoms with Gasteiger partial charge in [-0.25, -0.2) is 0 Å². The van der Waals surface area contributed by atoms with Crippen LogP contribution >= 0.6 is 0 Å². The second-order valence-electron chi connectivity index (χ2n) is 0. The quantitative estimate of drug-likeness (QED) is 0.278. The first-order valence-electron chi connectivity index (χ1n) is 0. The van der Waals surface area contributed by atoms with Crippen LogP contribution in [0.15, 0.2) is 0 Å². The zero-order valence-corrected chi connectivity index (χ0v) is 0. The molecule has 0 aromatic rings. The normalized spacial score (nSPS) is 0. The Balaban J connectivity index is 0. The van der Waals surface area contributed by atoms with Crippen LogP contribution in [0.5, 0.6) is 0 Å². The van der Waals surface area contributed by atoms with Crippen molar-refractivity contribution >= 4 is 668 Å². The summed E-state index contributed by atoms with van der Waals surface area (Å²) in [4.78, 5) is 0. The maximum atomic E-state index is 0. The third-order valence-corrected chi connectivity index (χ3v) is 0. The van der Waals surface area contributed by atoms with Gasteiger partial charge in [0.2, 0.25) is 0 Å². The summed E-state index contributed by atoms with van der Waals surface area (Å²) in [7, 11) is 0. The Morgan fingerprint density at radius 1 is 0.0769 bits per heavy atom. The molecule has 0 saturated carbocycles. The van der Waals surface area contributed by atoms with Gasteiger partial charge in [0.25, 0.3) is 0 Å². The molecule has 0 spiro atoms. The first kappa shape index (κ1) is 83.8.